The zero-order valence-corrected chi connectivity index (χ0v) is 11.3. The molecule has 3 N–H and O–H groups in total. The molecule has 0 radical (unpaired) electrons. The molecule has 2 heterocycles. The standard InChI is InChI=1S/C10H18N4O3S/c1-10(4-3-5-17-10)7-12-18(15,16)8-6-14(2)13-9(8)11/h6,12H,3-5,7H2,1-2H3,(H2,11,13). The summed E-state index contributed by atoms with van der Waals surface area (Å²) in [6.07, 6.45) is 3.18. The summed E-state index contributed by atoms with van der Waals surface area (Å²) in [6.45, 7) is 2.81. The van der Waals surface area contributed by atoms with Crippen molar-refractivity contribution >= 4 is 15.8 Å². The maximum absolute atomic E-state index is 12.1. The fraction of sp³-hybridized carbons (Fsp3) is 0.700. The molecule has 0 saturated carbocycles. The van der Waals surface area contributed by atoms with Crippen LogP contribution < -0.4 is 10.5 Å². The van der Waals surface area contributed by atoms with Crippen molar-refractivity contribution in [3.05, 3.63) is 6.20 Å². The predicted molar refractivity (Wildman–Crippen MR) is 66.4 cm³/mol. The molecule has 7 nitrogen and oxygen atoms in total. The first kappa shape index (κ1) is 13.3. The molecular weight excluding hydrogens is 256 g/mol. The van der Waals surface area contributed by atoms with Gasteiger partial charge in [0.2, 0.25) is 10.0 Å². The molecule has 0 aromatic carbocycles. The minimum Gasteiger partial charge on any atom is -0.381 e. The van der Waals surface area contributed by atoms with Gasteiger partial charge in [0.1, 0.15) is 4.90 Å². The molecule has 0 amide bonds. The van der Waals surface area contributed by atoms with E-state index in [9.17, 15) is 8.42 Å². The summed E-state index contributed by atoms with van der Waals surface area (Å²) in [5, 5.41) is 3.82. The molecule has 0 spiro atoms. The molecule has 0 aliphatic carbocycles. The number of nitrogen functional groups attached to an aromatic ring is 1. The Morgan fingerprint density at radius 2 is 2.39 bits per heavy atom. The van der Waals surface area contributed by atoms with Gasteiger partial charge in [-0.1, -0.05) is 0 Å². The largest absolute Gasteiger partial charge is 0.381 e. The number of nitrogens with zero attached hydrogens (tertiary/aromatic N) is 2. The SMILES string of the molecule is Cn1cc(S(=O)(=O)NCC2(C)CCCO2)c(N)n1. The van der Waals surface area contributed by atoms with Gasteiger partial charge in [-0.25, -0.2) is 13.1 Å². The van der Waals surface area contributed by atoms with Crippen molar-refractivity contribution in [3.8, 4) is 0 Å². The molecule has 1 aromatic rings. The molecular formula is C10H18N4O3S. The van der Waals surface area contributed by atoms with Crippen molar-refractivity contribution in [2.75, 3.05) is 18.9 Å². The van der Waals surface area contributed by atoms with Crippen LogP contribution in [0, 0.1) is 0 Å². The van der Waals surface area contributed by atoms with Gasteiger partial charge in [0.15, 0.2) is 5.82 Å². The van der Waals surface area contributed by atoms with E-state index in [2.05, 4.69) is 9.82 Å². The van der Waals surface area contributed by atoms with Gasteiger partial charge in [0.05, 0.1) is 5.60 Å². The normalized spacial score (nSPS) is 24.6. The highest BCUT2D eigenvalue weighted by Crippen LogP contribution is 2.25. The van der Waals surface area contributed by atoms with Gasteiger partial charge in [-0.3, -0.25) is 4.68 Å². The molecule has 1 unspecified atom stereocenters. The Morgan fingerprint density at radius 1 is 1.67 bits per heavy atom. The molecule has 2 rings (SSSR count). The topological polar surface area (TPSA) is 99.2 Å². The second-order valence-corrected chi connectivity index (χ2v) is 6.51. The third kappa shape index (κ3) is 2.65. The van der Waals surface area contributed by atoms with Crippen molar-refractivity contribution < 1.29 is 13.2 Å². The molecule has 1 fully saturated rings. The zero-order chi connectivity index (χ0) is 13.4. The summed E-state index contributed by atoms with van der Waals surface area (Å²) in [5.41, 5.74) is 5.14. The zero-order valence-electron chi connectivity index (χ0n) is 10.5. The highest BCUT2D eigenvalue weighted by Gasteiger charge is 2.32. The average molecular weight is 274 g/mol. The van der Waals surface area contributed by atoms with Crippen LogP contribution in [-0.4, -0.2) is 37.0 Å². The third-order valence-corrected chi connectivity index (χ3v) is 4.47. The smallest absolute Gasteiger partial charge is 0.245 e. The summed E-state index contributed by atoms with van der Waals surface area (Å²) in [4.78, 5) is 0.00611. The van der Waals surface area contributed by atoms with E-state index in [0.717, 1.165) is 12.8 Å². The summed E-state index contributed by atoms with van der Waals surface area (Å²) >= 11 is 0. The lowest BCUT2D eigenvalue weighted by atomic mass is 10.0. The van der Waals surface area contributed by atoms with Crippen LogP contribution in [0.25, 0.3) is 0 Å². The summed E-state index contributed by atoms with van der Waals surface area (Å²) in [7, 11) is -2.01. The summed E-state index contributed by atoms with van der Waals surface area (Å²) < 4.78 is 33.6. The maximum Gasteiger partial charge on any atom is 0.245 e. The monoisotopic (exact) mass is 274 g/mol. The van der Waals surface area contributed by atoms with E-state index in [0.29, 0.717) is 6.61 Å². The van der Waals surface area contributed by atoms with Crippen LogP contribution in [0.2, 0.25) is 0 Å². The van der Waals surface area contributed by atoms with E-state index in [1.54, 1.807) is 7.05 Å². The van der Waals surface area contributed by atoms with E-state index in [-0.39, 0.29) is 17.3 Å². The first-order valence-corrected chi connectivity index (χ1v) is 7.23. The molecule has 0 bridgehead atoms. The lowest BCUT2D eigenvalue weighted by Crippen LogP contribution is -2.40. The number of aromatic nitrogens is 2. The second-order valence-electron chi connectivity index (χ2n) is 4.78. The molecule has 1 atom stereocenters. The number of hydrogen-bond acceptors (Lipinski definition) is 5. The number of rotatable bonds is 4. The van der Waals surface area contributed by atoms with Crippen LogP contribution >= 0.6 is 0 Å². The molecule has 8 heteroatoms. The number of nitrogens with two attached hydrogens (primary N) is 1. The van der Waals surface area contributed by atoms with Gasteiger partial charge in [-0.05, 0) is 19.8 Å². The minimum atomic E-state index is -3.63. The van der Waals surface area contributed by atoms with E-state index in [1.165, 1.54) is 10.9 Å². The molecule has 1 aliphatic heterocycles. The van der Waals surface area contributed by atoms with Gasteiger partial charge in [-0.15, -0.1) is 0 Å². The fourth-order valence-electron chi connectivity index (χ4n) is 1.99. The number of ether oxygens (including phenoxy) is 1. The fourth-order valence-corrected chi connectivity index (χ4v) is 3.25. The molecule has 1 aromatic heterocycles. The molecule has 18 heavy (non-hydrogen) atoms. The number of nitrogens with one attached hydrogen (secondary N) is 1. The summed E-state index contributed by atoms with van der Waals surface area (Å²) in [5.74, 6) is 0.00231. The average Bonchev–Trinajstić information content (AvgIpc) is 2.84. The Bertz CT molecular complexity index is 531. The summed E-state index contributed by atoms with van der Waals surface area (Å²) in [6, 6.07) is 0. The van der Waals surface area contributed by atoms with Gasteiger partial charge in [0.25, 0.3) is 0 Å². The number of aryl methyl sites for hydroxylation is 1. The Balaban J connectivity index is 2.10. The van der Waals surface area contributed by atoms with Crippen LogP contribution in [0.1, 0.15) is 19.8 Å². The molecule has 102 valence electrons. The third-order valence-electron chi connectivity index (χ3n) is 3.05. The van der Waals surface area contributed by atoms with Crippen LogP contribution in [0.15, 0.2) is 11.1 Å². The Kier molecular flexibility index (Phi) is 3.35. The minimum absolute atomic E-state index is 0.00231. The lowest BCUT2D eigenvalue weighted by Gasteiger charge is -2.23. The lowest BCUT2D eigenvalue weighted by molar-refractivity contribution is 0.0250. The van der Waals surface area contributed by atoms with E-state index in [4.69, 9.17) is 10.5 Å². The quantitative estimate of drug-likeness (QED) is 0.795. The van der Waals surface area contributed by atoms with Crippen LogP contribution in [0.3, 0.4) is 0 Å². The van der Waals surface area contributed by atoms with Gasteiger partial charge in [0, 0.05) is 26.4 Å². The first-order chi connectivity index (χ1) is 8.32. The number of sulfonamides is 1. The second kappa shape index (κ2) is 4.52. The highest BCUT2D eigenvalue weighted by molar-refractivity contribution is 7.89. The van der Waals surface area contributed by atoms with Crippen LogP contribution in [0.5, 0.6) is 0 Å². The van der Waals surface area contributed by atoms with Gasteiger partial charge >= 0.3 is 0 Å². The van der Waals surface area contributed by atoms with Crippen molar-refractivity contribution in [2.24, 2.45) is 7.05 Å². The van der Waals surface area contributed by atoms with Crippen molar-refractivity contribution in [2.45, 2.75) is 30.3 Å². The Labute approximate surface area is 106 Å². The first-order valence-electron chi connectivity index (χ1n) is 5.75. The van der Waals surface area contributed by atoms with Crippen molar-refractivity contribution in [1.29, 1.82) is 0 Å². The number of hydrogen-bond donors (Lipinski definition) is 2. The van der Waals surface area contributed by atoms with Gasteiger partial charge in [-0.2, -0.15) is 5.10 Å². The molecule has 1 aliphatic rings. The van der Waals surface area contributed by atoms with E-state index < -0.39 is 15.6 Å². The maximum atomic E-state index is 12.1. The van der Waals surface area contributed by atoms with E-state index >= 15 is 0 Å². The predicted octanol–water partition coefficient (Wildman–Crippen LogP) is -0.150. The van der Waals surface area contributed by atoms with Crippen molar-refractivity contribution in [1.82, 2.24) is 14.5 Å². The Hall–Kier alpha value is -1.12. The number of anilines is 1. The Morgan fingerprint density at radius 3 is 2.89 bits per heavy atom. The highest BCUT2D eigenvalue weighted by atomic mass is 32.2. The molecule has 1 saturated heterocycles. The van der Waals surface area contributed by atoms with E-state index in [1.807, 2.05) is 6.92 Å². The van der Waals surface area contributed by atoms with Crippen molar-refractivity contribution in [3.63, 3.8) is 0 Å². The van der Waals surface area contributed by atoms with Crippen LogP contribution in [-0.2, 0) is 21.8 Å². The van der Waals surface area contributed by atoms with Gasteiger partial charge < -0.3 is 10.5 Å². The van der Waals surface area contributed by atoms with Crippen LogP contribution in [0.4, 0.5) is 5.82 Å².